The van der Waals surface area contributed by atoms with E-state index < -0.39 is 6.09 Å². The van der Waals surface area contributed by atoms with Crippen LogP contribution in [0.25, 0.3) is 0 Å². The molecule has 1 saturated carbocycles. The minimum absolute atomic E-state index is 0.0141. The Balaban J connectivity index is 1.54. The fourth-order valence-corrected chi connectivity index (χ4v) is 3.49. The van der Waals surface area contributed by atoms with Gasteiger partial charge in [-0.3, -0.25) is 9.59 Å². The molecule has 2 N–H and O–H groups in total. The Morgan fingerprint density at radius 3 is 2.29 bits per heavy atom. The van der Waals surface area contributed by atoms with E-state index in [0.717, 1.165) is 12.0 Å². The molecular weight excluding hydrogens is 308 g/mol. The highest BCUT2D eigenvalue weighted by Gasteiger charge is 2.25. The third kappa shape index (κ3) is 3.75. The summed E-state index contributed by atoms with van der Waals surface area (Å²) in [6.07, 6.45) is 2.53. The van der Waals surface area contributed by atoms with Crippen LogP contribution in [0.2, 0.25) is 0 Å². The van der Waals surface area contributed by atoms with Crippen LogP contribution in [0.3, 0.4) is 0 Å². The molecule has 1 heterocycles. The van der Waals surface area contributed by atoms with Crippen molar-refractivity contribution in [1.82, 2.24) is 10.2 Å². The number of carboxylic acid groups (broad SMARTS) is 1. The number of hydrogen-bond acceptors (Lipinski definition) is 3. The second-order valence-corrected chi connectivity index (χ2v) is 6.62. The third-order valence-corrected chi connectivity index (χ3v) is 4.99. The molecular formula is C18H22N2O4. The molecule has 1 aromatic rings. The lowest BCUT2D eigenvalue weighted by Gasteiger charge is -2.30. The number of amides is 2. The smallest absolute Gasteiger partial charge is 0.407 e. The van der Waals surface area contributed by atoms with Crippen LogP contribution in [0.1, 0.15) is 53.9 Å². The molecule has 0 bridgehead atoms. The zero-order valence-electron chi connectivity index (χ0n) is 13.5. The molecule has 128 valence electrons. The van der Waals surface area contributed by atoms with Crippen molar-refractivity contribution in [2.45, 2.75) is 44.1 Å². The number of hydrogen-bond donors (Lipinski definition) is 2. The molecule has 1 aliphatic carbocycles. The van der Waals surface area contributed by atoms with E-state index in [1.54, 1.807) is 12.1 Å². The molecule has 3 rings (SSSR count). The molecule has 1 atom stereocenters. The van der Waals surface area contributed by atoms with E-state index in [1.165, 1.54) is 4.90 Å². The molecule has 2 fully saturated rings. The molecule has 1 saturated heterocycles. The van der Waals surface area contributed by atoms with Gasteiger partial charge in [0, 0.05) is 37.5 Å². The summed E-state index contributed by atoms with van der Waals surface area (Å²) in [7, 11) is 0. The van der Waals surface area contributed by atoms with E-state index >= 15 is 0 Å². The molecule has 6 heteroatoms. The van der Waals surface area contributed by atoms with E-state index in [2.05, 4.69) is 5.32 Å². The van der Waals surface area contributed by atoms with Gasteiger partial charge in [-0.05, 0) is 42.9 Å². The second kappa shape index (κ2) is 7.03. The number of likely N-dealkylation sites (tertiary alicyclic amines) is 1. The van der Waals surface area contributed by atoms with Gasteiger partial charge in [-0.15, -0.1) is 0 Å². The molecule has 0 unspecified atom stereocenters. The SMILES string of the molecule is O=C1CC[C@@H](c2ccc(C(=O)NC3CCN(C(=O)O)CC3)cc2)C1. The summed E-state index contributed by atoms with van der Waals surface area (Å²) >= 11 is 0. The van der Waals surface area contributed by atoms with Gasteiger partial charge in [-0.1, -0.05) is 12.1 Å². The summed E-state index contributed by atoms with van der Waals surface area (Å²) in [6, 6.07) is 7.50. The predicted octanol–water partition coefficient (Wildman–Crippen LogP) is 2.40. The fraction of sp³-hybridized carbons (Fsp3) is 0.500. The topological polar surface area (TPSA) is 86.7 Å². The number of benzene rings is 1. The van der Waals surface area contributed by atoms with E-state index in [0.29, 0.717) is 50.1 Å². The summed E-state index contributed by atoms with van der Waals surface area (Å²) in [5.41, 5.74) is 1.72. The Hall–Kier alpha value is -2.37. The largest absolute Gasteiger partial charge is 0.465 e. The van der Waals surface area contributed by atoms with Crippen molar-refractivity contribution < 1.29 is 19.5 Å². The predicted molar refractivity (Wildman–Crippen MR) is 88.1 cm³/mol. The standard InChI is InChI=1S/C18H22N2O4/c21-16-6-5-14(11-16)12-1-3-13(4-2-12)17(22)19-15-7-9-20(10-8-15)18(23)24/h1-4,14-15H,5-11H2,(H,19,22)(H,23,24)/t14-/m1/s1. The van der Waals surface area contributed by atoms with Crippen LogP contribution in [0, 0.1) is 0 Å². The molecule has 6 nitrogen and oxygen atoms in total. The Labute approximate surface area is 140 Å². The number of nitrogens with one attached hydrogen (secondary N) is 1. The van der Waals surface area contributed by atoms with Crippen LogP contribution in [-0.4, -0.2) is 46.9 Å². The van der Waals surface area contributed by atoms with Gasteiger partial charge in [-0.2, -0.15) is 0 Å². The molecule has 0 radical (unpaired) electrons. The van der Waals surface area contributed by atoms with Crippen LogP contribution in [0.15, 0.2) is 24.3 Å². The minimum Gasteiger partial charge on any atom is -0.465 e. The molecule has 0 spiro atoms. The molecule has 1 aromatic carbocycles. The van der Waals surface area contributed by atoms with Crippen molar-refractivity contribution in [3.8, 4) is 0 Å². The fourth-order valence-electron chi connectivity index (χ4n) is 3.49. The first-order chi connectivity index (χ1) is 11.5. The quantitative estimate of drug-likeness (QED) is 0.891. The van der Waals surface area contributed by atoms with Crippen molar-refractivity contribution in [2.75, 3.05) is 13.1 Å². The van der Waals surface area contributed by atoms with Gasteiger partial charge < -0.3 is 15.3 Å². The monoisotopic (exact) mass is 330 g/mol. The summed E-state index contributed by atoms with van der Waals surface area (Å²) < 4.78 is 0. The van der Waals surface area contributed by atoms with Crippen molar-refractivity contribution in [3.05, 3.63) is 35.4 Å². The van der Waals surface area contributed by atoms with E-state index in [9.17, 15) is 14.4 Å². The lowest BCUT2D eigenvalue weighted by Crippen LogP contribution is -2.46. The summed E-state index contributed by atoms with van der Waals surface area (Å²) in [5.74, 6) is 0.474. The Morgan fingerprint density at radius 2 is 1.75 bits per heavy atom. The zero-order valence-corrected chi connectivity index (χ0v) is 13.5. The Kier molecular flexibility index (Phi) is 4.83. The highest BCUT2D eigenvalue weighted by Crippen LogP contribution is 2.32. The number of nitrogens with zero attached hydrogens (tertiary/aromatic N) is 1. The second-order valence-electron chi connectivity index (χ2n) is 6.62. The van der Waals surface area contributed by atoms with E-state index in [4.69, 9.17) is 5.11 Å². The summed E-state index contributed by atoms with van der Waals surface area (Å²) in [4.78, 5) is 36.0. The normalized spacial score (nSPS) is 21.8. The van der Waals surface area contributed by atoms with Gasteiger partial charge in [0.05, 0.1) is 0 Å². The maximum absolute atomic E-state index is 12.3. The van der Waals surface area contributed by atoms with E-state index in [-0.39, 0.29) is 17.9 Å². The molecule has 1 aliphatic heterocycles. The van der Waals surface area contributed by atoms with Gasteiger partial charge in [0.1, 0.15) is 5.78 Å². The van der Waals surface area contributed by atoms with Crippen molar-refractivity contribution >= 4 is 17.8 Å². The van der Waals surface area contributed by atoms with Gasteiger partial charge >= 0.3 is 6.09 Å². The molecule has 0 aromatic heterocycles. The lowest BCUT2D eigenvalue weighted by molar-refractivity contribution is -0.117. The van der Waals surface area contributed by atoms with Crippen LogP contribution in [0.5, 0.6) is 0 Å². The van der Waals surface area contributed by atoms with Crippen LogP contribution in [-0.2, 0) is 4.79 Å². The number of rotatable bonds is 3. The maximum atomic E-state index is 12.3. The van der Waals surface area contributed by atoms with Crippen molar-refractivity contribution in [3.63, 3.8) is 0 Å². The van der Waals surface area contributed by atoms with Crippen LogP contribution < -0.4 is 5.32 Å². The highest BCUT2D eigenvalue weighted by atomic mass is 16.4. The van der Waals surface area contributed by atoms with Gasteiger partial charge in [0.15, 0.2) is 0 Å². The number of piperidine rings is 1. The van der Waals surface area contributed by atoms with Gasteiger partial charge in [-0.25, -0.2) is 4.79 Å². The van der Waals surface area contributed by atoms with Crippen molar-refractivity contribution in [2.24, 2.45) is 0 Å². The van der Waals surface area contributed by atoms with E-state index in [1.807, 2.05) is 12.1 Å². The lowest BCUT2D eigenvalue weighted by atomic mass is 9.96. The van der Waals surface area contributed by atoms with Gasteiger partial charge in [0.25, 0.3) is 5.91 Å². The first kappa shape index (κ1) is 16.5. The number of Topliss-reactive ketones (excluding diaryl/α,β-unsaturated/α-hetero) is 1. The van der Waals surface area contributed by atoms with Crippen LogP contribution >= 0.6 is 0 Å². The number of ketones is 1. The van der Waals surface area contributed by atoms with Gasteiger partial charge in [0.2, 0.25) is 0 Å². The average Bonchev–Trinajstić information content (AvgIpc) is 3.02. The zero-order chi connectivity index (χ0) is 17.1. The summed E-state index contributed by atoms with van der Waals surface area (Å²) in [5, 5.41) is 11.9. The highest BCUT2D eigenvalue weighted by molar-refractivity contribution is 5.94. The first-order valence-electron chi connectivity index (χ1n) is 8.43. The third-order valence-electron chi connectivity index (χ3n) is 4.99. The first-order valence-corrected chi connectivity index (χ1v) is 8.43. The molecule has 2 aliphatic rings. The minimum atomic E-state index is -0.902. The number of carbonyl (C=O) groups is 3. The Bertz CT molecular complexity index is 633. The number of carbonyl (C=O) groups excluding carboxylic acids is 2. The van der Waals surface area contributed by atoms with Crippen molar-refractivity contribution in [1.29, 1.82) is 0 Å². The van der Waals surface area contributed by atoms with Crippen LogP contribution in [0.4, 0.5) is 4.79 Å². The molecule has 24 heavy (non-hydrogen) atoms. The summed E-state index contributed by atoms with van der Waals surface area (Å²) in [6.45, 7) is 0.907. The maximum Gasteiger partial charge on any atom is 0.407 e. The molecule has 2 amide bonds. The average molecular weight is 330 g/mol. The Morgan fingerprint density at radius 1 is 1.08 bits per heavy atom.